The van der Waals surface area contributed by atoms with E-state index in [1.807, 2.05) is 36.4 Å². The Morgan fingerprint density at radius 3 is 2.52 bits per heavy atom. The van der Waals surface area contributed by atoms with Crippen molar-refractivity contribution in [2.45, 2.75) is 19.0 Å². The molecule has 0 bridgehead atoms. The second-order valence-corrected chi connectivity index (χ2v) is 5.48. The van der Waals surface area contributed by atoms with Gasteiger partial charge < -0.3 is 14.7 Å². The summed E-state index contributed by atoms with van der Waals surface area (Å²) in [5.74, 6) is -0.297. The summed E-state index contributed by atoms with van der Waals surface area (Å²) >= 11 is 0. The van der Waals surface area contributed by atoms with Crippen molar-refractivity contribution in [3.8, 4) is 5.75 Å². The summed E-state index contributed by atoms with van der Waals surface area (Å²) in [5.41, 5.74) is 2.31. The summed E-state index contributed by atoms with van der Waals surface area (Å²) < 4.78 is 5.13. The Bertz CT molecular complexity index is 739. The second-order valence-electron chi connectivity index (χ2n) is 5.48. The molecule has 118 valence electrons. The van der Waals surface area contributed by atoms with Crippen LogP contribution in [0.4, 0.5) is 0 Å². The highest BCUT2D eigenvalue weighted by Crippen LogP contribution is 2.37. The van der Waals surface area contributed by atoms with E-state index in [0.29, 0.717) is 12.1 Å². The number of methoxy groups -OCH3 is 1. The average Bonchev–Trinajstić information content (AvgIpc) is 2.81. The smallest absolute Gasteiger partial charge is 0.305 e. The largest absolute Gasteiger partial charge is 0.497 e. The fraction of sp³-hybridized carbons (Fsp3) is 0.222. The van der Waals surface area contributed by atoms with Gasteiger partial charge in [-0.3, -0.25) is 9.59 Å². The molecule has 0 saturated carbocycles. The number of hydrogen-bond donors (Lipinski definition) is 1. The summed E-state index contributed by atoms with van der Waals surface area (Å²) in [6.07, 6.45) is -0.0983. The number of ether oxygens (including phenoxy) is 1. The lowest BCUT2D eigenvalue weighted by Gasteiger charge is -2.24. The Kier molecular flexibility index (Phi) is 4.02. The van der Waals surface area contributed by atoms with Crippen LogP contribution < -0.4 is 4.74 Å². The van der Waals surface area contributed by atoms with E-state index in [0.717, 1.165) is 16.9 Å². The van der Waals surface area contributed by atoms with Gasteiger partial charge in [0, 0.05) is 12.1 Å². The average molecular weight is 311 g/mol. The number of benzene rings is 2. The van der Waals surface area contributed by atoms with Crippen molar-refractivity contribution in [2.24, 2.45) is 0 Å². The van der Waals surface area contributed by atoms with Gasteiger partial charge in [0.25, 0.3) is 5.91 Å². The third-order valence-electron chi connectivity index (χ3n) is 4.07. The normalized spacial score (nSPS) is 16.3. The molecule has 1 N–H and O–H groups in total. The van der Waals surface area contributed by atoms with Crippen molar-refractivity contribution in [3.63, 3.8) is 0 Å². The molecule has 1 amide bonds. The Morgan fingerprint density at radius 1 is 1.17 bits per heavy atom. The van der Waals surface area contributed by atoms with Gasteiger partial charge in [-0.2, -0.15) is 0 Å². The van der Waals surface area contributed by atoms with Crippen molar-refractivity contribution in [2.75, 3.05) is 7.11 Å². The van der Waals surface area contributed by atoms with Crippen LogP contribution in [-0.4, -0.2) is 29.0 Å². The van der Waals surface area contributed by atoms with Gasteiger partial charge in [0.05, 0.1) is 19.6 Å². The van der Waals surface area contributed by atoms with Gasteiger partial charge in [-0.05, 0) is 29.3 Å². The van der Waals surface area contributed by atoms with E-state index in [1.165, 1.54) is 0 Å². The molecule has 1 aliphatic rings. The van der Waals surface area contributed by atoms with Crippen molar-refractivity contribution >= 4 is 11.9 Å². The second kappa shape index (κ2) is 6.12. The molecular formula is C18H17NO4. The number of carboxylic acid groups (broad SMARTS) is 1. The molecule has 0 aliphatic carbocycles. The lowest BCUT2D eigenvalue weighted by atomic mass is 10.0. The number of carbonyl (C=O) groups excluding carboxylic acids is 1. The van der Waals surface area contributed by atoms with Crippen LogP contribution in [0.1, 0.15) is 33.9 Å². The third kappa shape index (κ3) is 2.90. The molecule has 23 heavy (non-hydrogen) atoms. The van der Waals surface area contributed by atoms with Gasteiger partial charge in [0.15, 0.2) is 0 Å². The molecule has 1 heterocycles. The first-order valence-corrected chi connectivity index (χ1v) is 7.35. The minimum atomic E-state index is -0.917. The van der Waals surface area contributed by atoms with E-state index >= 15 is 0 Å². The fourth-order valence-corrected chi connectivity index (χ4v) is 2.94. The molecule has 1 atom stereocenters. The molecule has 5 heteroatoms. The minimum Gasteiger partial charge on any atom is -0.497 e. The maximum atomic E-state index is 12.6. The summed E-state index contributed by atoms with van der Waals surface area (Å²) in [6, 6.07) is 14.2. The molecule has 0 fully saturated rings. The molecule has 0 aromatic heterocycles. The van der Waals surface area contributed by atoms with Gasteiger partial charge >= 0.3 is 5.97 Å². The molecule has 3 rings (SSSR count). The standard InChI is InChI=1S/C18H17NO4/c1-23-13-8-6-12(7-9-13)11-19-16(10-17(20)21)14-4-2-3-5-15(14)18(19)22/h2-9,16H,10-11H2,1H3,(H,20,21). The number of amides is 1. The molecule has 0 spiro atoms. The molecule has 1 aliphatic heterocycles. The molecule has 2 aromatic carbocycles. The van der Waals surface area contributed by atoms with Crippen molar-refractivity contribution in [3.05, 3.63) is 65.2 Å². The van der Waals surface area contributed by atoms with Crippen LogP contribution in [0.2, 0.25) is 0 Å². The summed E-state index contributed by atoms with van der Waals surface area (Å²) in [6.45, 7) is 0.370. The van der Waals surface area contributed by atoms with E-state index in [-0.39, 0.29) is 12.3 Å². The van der Waals surface area contributed by atoms with E-state index in [2.05, 4.69) is 0 Å². The van der Waals surface area contributed by atoms with Crippen LogP contribution in [0.15, 0.2) is 48.5 Å². The lowest BCUT2D eigenvalue weighted by Crippen LogP contribution is -2.29. The van der Waals surface area contributed by atoms with Crippen LogP contribution in [0.25, 0.3) is 0 Å². The van der Waals surface area contributed by atoms with Crippen LogP contribution in [0.3, 0.4) is 0 Å². The summed E-state index contributed by atoms with van der Waals surface area (Å²) in [7, 11) is 1.60. The number of fused-ring (bicyclic) bond motifs is 1. The van der Waals surface area contributed by atoms with Crippen LogP contribution in [0, 0.1) is 0 Å². The van der Waals surface area contributed by atoms with Crippen LogP contribution in [-0.2, 0) is 11.3 Å². The SMILES string of the molecule is COc1ccc(CN2C(=O)c3ccccc3C2CC(=O)O)cc1. The van der Waals surface area contributed by atoms with Gasteiger partial charge in [0.2, 0.25) is 0 Å². The van der Waals surface area contributed by atoms with Crippen LogP contribution >= 0.6 is 0 Å². The third-order valence-corrected chi connectivity index (χ3v) is 4.07. The number of nitrogens with zero attached hydrogens (tertiary/aromatic N) is 1. The molecule has 0 saturated heterocycles. The van der Waals surface area contributed by atoms with E-state index in [4.69, 9.17) is 4.74 Å². The van der Waals surface area contributed by atoms with Crippen LogP contribution in [0.5, 0.6) is 5.75 Å². The van der Waals surface area contributed by atoms with Crippen molar-refractivity contribution in [1.82, 2.24) is 4.90 Å². The highest BCUT2D eigenvalue weighted by atomic mass is 16.5. The van der Waals surface area contributed by atoms with Gasteiger partial charge in [-0.1, -0.05) is 30.3 Å². The molecule has 1 unspecified atom stereocenters. The van der Waals surface area contributed by atoms with E-state index < -0.39 is 12.0 Å². The highest BCUT2D eigenvalue weighted by Gasteiger charge is 2.37. The number of carbonyl (C=O) groups is 2. The molecular weight excluding hydrogens is 294 g/mol. The highest BCUT2D eigenvalue weighted by molar-refractivity contribution is 5.99. The topological polar surface area (TPSA) is 66.8 Å². The number of aliphatic carboxylic acids is 1. The minimum absolute atomic E-state index is 0.0983. The van der Waals surface area contributed by atoms with E-state index in [9.17, 15) is 14.7 Å². The monoisotopic (exact) mass is 311 g/mol. The van der Waals surface area contributed by atoms with Gasteiger partial charge in [-0.25, -0.2) is 0 Å². The van der Waals surface area contributed by atoms with Crippen molar-refractivity contribution in [1.29, 1.82) is 0 Å². The van der Waals surface area contributed by atoms with Crippen molar-refractivity contribution < 1.29 is 19.4 Å². The fourth-order valence-electron chi connectivity index (χ4n) is 2.94. The predicted molar refractivity (Wildman–Crippen MR) is 84.3 cm³/mol. The predicted octanol–water partition coefficient (Wildman–Crippen LogP) is 2.87. The zero-order valence-corrected chi connectivity index (χ0v) is 12.7. The zero-order chi connectivity index (χ0) is 16.4. The number of hydrogen-bond acceptors (Lipinski definition) is 3. The number of rotatable bonds is 5. The quantitative estimate of drug-likeness (QED) is 0.922. The zero-order valence-electron chi connectivity index (χ0n) is 12.7. The molecule has 5 nitrogen and oxygen atoms in total. The summed E-state index contributed by atoms with van der Waals surface area (Å²) in [4.78, 5) is 25.4. The maximum absolute atomic E-state index is 12.6. The molecule has 2 aromatic rings. The first-order chi connectivity index (χ1) is 11.1. The molecule has 0 radical (unpaired) electrons. The first-order valence-electron chi connectivity index (χ1n) is 7.35. The van der Waals surface area contributed by atoms with Gasteiger partial charge in [-0.15, -0.1) is 0 Å². The van der Waals surface area contributed by atoms with Gasteiger partial charge in [0.1, 0.15) is 5.75 Å². The summed E-state index contributed by atoms with van der Waals surface area (Å²) in [5, 5.41) is 9.18. The number of carboxylic acids is 1. The first kappa shape index (κ1) is 15.1. The maximum Gasteiger partial charge on any atom is 0.305 e. The Hall–Kier alpha value is -2.82. The lowest BCUT2D eigenvalue weighted by molar-refractivity contribution is -0.138. The Labute approximate surface area is 134 Å². The van der Waals surface area contributed by atoms with E-state index in [1.54, 1.807) is 24.1 Å². The Balaban J connectivity index is 1.90. The Morgan fingerprint density at radius 2 is 1.87 bits per heavy atom.